The second kappa shape index (κ2) is 7.02. The van der Waals surface area contributed by atoms with Gasteiger partial charge in [0.25, 0.3) is 5.56 Å². The van der Waals surface area contributed by atoms with Gasteiger partial charge in [0.1, 0.15) is 0 Å². The van der Waals surface area contributed by atoms with E-state index in [4.69, 9.17) is 6.42 Å². The van der Waals surface area contributed by atoms with Crippen molar-refractivity contribution in [3.8, 4) is 12.3 Å². The molecular weight excluding hydrogens is 234 g/mol. The molecule has 0 aromatic carbocycles. The number of aromatic nitrogens is 2. The van der Waals surface area contributed by atoms with Gasteiger partial charge in [-0.05, 0) is 13.8 Å². The minimum absolute atomic E-state index is 0.0792. The lowest BCUT2D eigenvalue weighted by molar-refractivity contribution is 0.575. The van der Waals surface area contributed by atoms with Crippen LogP contribution in [-0.4, -0.2) is 27.6 Å². The summed E-state index contributed by atoms with van der Waals surface area (Å²) in [5.74, 6) is 4.52. The highest BCUT2D eigenvalue weighted by molar-refractivity contribution is 7.99. The van der Waals surface area contributed by atoms with E-state index >= 15 is 0 Å². The summed E-state index contributed by atoms with van der Waals surface area (Å²) in [5.41, 5.74) is -0.0792. The molecular formula is C12H17N3OS. The molecule has 0 amide bonds. The van der Waals surface area contributed by atoms with Gasteiger partial charge in [-0.2, -0.15) is 0 Å². The maximum atomic E-state index is 11.9. The van der Waals surface area contributed by atoms with Crippen LogP contribution in [0.15, 0.2) is 17.2 Å². The molecule has 1 aromatic rings. The van der Waals surface area contributed by atoms with Gasteiger partial charge in [0, 0.05) is 30.7 Å². The molecule has 0 bridgehead atoms. The quantitative estimate of drug-likeness (QED) is 0.616. The number of rotatable bonds is 6. The van der Waals surface area contributed by atoms with Crippen molar-refractivity contribution in [3.63, 3.8) is 0 Å². The third kappa shape index (κ3) is 4.16. The Labute approximate surface area is 106 Å². The third-order valence-corrected chi connectivity index (χ3v) is 3.01. The summed E-state index contributed by atoms with van der Waals surface area (Å²) in [7, 11) is 0. The van der Waals surface area contributed by atoms with Crippen molar-refractivity contribution in [1.82, 2.24) is 9.55 Å². The molecule has 92 valence electrons. The molecule has 0 aliphatic heterocycles. The Morgan fingerprint density at radius 2 is 2.41 bits per heavy atom. The number of hydrogen-bond acceptors (Lipinski definition) is 4. The summed E-state index contributed by atoms with van der Waals surface area (Å²) in [6.07, 6.45) is 8.48. The highest BCUT2D eigenvalue weighted by atomic mass is 32.2. The highest BCUT2D eigenvalue weighted by Crippen LogP contribution is 2.02. The van der Waals surface area contributed by atoms with E-state index in [1.165, 1.54) is 0 Å². The molecule has 1 N–H and O–H groups in total. The second-order valence-electron chi connectivity index (χ2n) is 3.77. The molecule has 0 radical (unpaired) electrons. The van der Waals surface area contributed by atoms with Crippen molar-refractivity contribution in [2.45, 2.75) is 19.9 Å². The maximum absolute atomic E-state index is 11.9. The summed E-state index contributed by atoms with van der Waals surface area (Å²) < 4.78 is 1.66. The summed E-state index contributed by atoms with van der Waals surface area (Å²) in [4.78, 5) is 16.0. The van der Waals surface area contributed by atoms with Gasteiger partial charge in [0.15, 0.2) is 5.82 Å². The van der Waals surface area contributed by atoms with Crippen molar-refractivity contribution >= 4 is 17.6 Å². The van der Waals surface area contributed by atoms with Gasteiger partial charge in [-0.25, -0.2) is 4.98 Å². The Morgan fingerprint density at radius 3 is 3.06 bits per heavy atom. The van der Waals surface area contributed by atoms with Crippen LogP contribution in [0.4, 0.5) is 5.82 Å². The number of nitrogens with zero attached hydrogens (tertiary/aromatic N) is 2. The Hall–Kier alpha value is -1.41. The van der Waals surface area contributed by atoms with Crippen LogP contribution in [0.1, 0.15) is 19.9 Å². The molecule has 0 spiro atoms. The summed E-state index contributed by atoms with van der Waals surface area (Å²) >= 11 is 1.65. The zero-order valence-electron chi connectivity index (χ0n) is 10.1. The number of thioether (sulfide) groups is 1. The van der Waals surface area contributed by atoms with Crippen LogP contribution in [0, 0.1) is 12.3 Å². The summed E-state index contributed by atoms with van der Waals surface area (Å²) in [6.45, 7) is 4.62. The van der Waals surface area contributed by atoms with Gasteiger partial charge in [-0.3, -0.25) is 4.79 Å². The van der Waals surface area contributed by atoms with Gasteiger partial charge in [0.05, 0.1) is 5.75 Å². The first-order valence-corrected chi connectivity index (χ1v) is 6.64. The molecule has 1 heterocycles. The fraction of sp³-hybridized carbons (Fsp3) is 0.500. The van der Waals surface area contributed by atoms with Crippen molar-refractivity contribution in [2.75, 3.05) is 23.4 Å². The van der Waals surface area contributed by atoms with Crippen LogP contribution in [0.2, 0.25) is 0 Å². The first-order chi connectivity index (χ1) is 8.16. The molecule has 4 nitrogen and oxygen atoms in total. The predicted molar refractivity (Wildman–Crippen MR) is 73.5 cm³/mol. The van der Waals surface area contributed by atoms with Crippen LogP contribution in [-0.2, 0) is 0 Å². The fourth-order valence-corrected chi connectivity index (χ4v) is 1.83. The van der Waals surface area contributed by atoms with Gasteiger partial charge < -0.3 is 9.88 Å². The molecule has 0 unspecified atom stereocenters. The zero-order chi connectivity index (χ0) is 12.7. The van der Waals surface area contributed by atoms with Crippen LogP contribution in [0.5, 0.6) is 0 Å². The minimum Gasteiger partial charge on any atom is -0.365 e. The largest absolute Gasteiger partial charge is 0.365 e. The number of hydrogen-bond donors (Lipinski definition) is 1. The lowest BCUT2D eigenvalue weighted by atomic mass is 10.4. The standard InChI is InChI=1S/C12H17N3OS/c1-4-8-17-9-6-14-11-12(16)15(10(2)3)7-5-13-11/h1,5,7,10H,6,8-9H2,2-3H3,(H,13,14). The van der Waals surface area contributed by atoms with E-state index in [1.807, 2.05) is 13.8 Å². The molecule has 0 atom stereocenters. The van der Waals surface area contributed by atoms with Crippen LogP contribution in [0.3, 0.4) is 0 Å². The predicted octanol–water partition coefficient (Wildman–Crippen LogP) is 1.60. The van der Waals surface area contributed by atoms with E-state index in [0.29, 0.717) is 18.1 Å². The van der Waals surface area contributed by atoms with E-state index in [1.54, 1.807) is 28.7 Å². The third-order valence-electron chi connectivity index (χ3n) is 2.15. The molecule has 0 saturated heterocycles. The lowest BCUT2D eigenvalue weighted by Crippen LogP contribution is -2.26. The monoisotopic (exact) mass is 251 g/mol. The van der Waals surface area contributed by atoms with Crippen molar-refractivity contribution < 1.29 is 0 Å². The van der Waals surface area contributed by atoms with Gasteiger partial charge in [0.2, 0.25) is 0 Å². The van der Waals surface area contributed by atoms with E-state index in [-0.39, 0.29) is 11.6 Å². The first kappa shape index (κ1) is 13.7. The SMILES string of the molecule is C#CCSCCNc1nccn(C(C)C)c1=O. The number of terminal acetylenes is 1. The molecule has 0 fully saturated rings. The molecule has 1 aromatic heterocycles. The zero-order valence-corrected chi connectivity index (χ0v) is 11.0. The first-order valence-electron chi connectivity index (χ1n) is 5.49. The molecule has 0 aliphatic rings. The normalized spacial score (nSPS) is 10.2. The second-order valence-corrected chi connectivity index (χ2v) is 4.87. The average Bonchev–Trinajstić information content (AvgIpc) is 2.30. The van der Waals surface area contributed by atoms with E-state index in [0.717, 1.165) is 5.75 Å². The van der Waals surface area contributed by atoms with Crippen LogP contribution >= 0.6 is 11.8 Å². The number of anilines is 1. The Bertz CT molecular complexity index is 448. The highest BCUT2D eigenvalue weighted by Gasteiger charge is 2.05. The summed E-state index contributed by atoms with van der Waals surface area (Å²) in [5, 5.41) is 3.03. The van der Waals surface area contributed by atoms with E-state index in [2.05, 4.69) is 16.2 Å². The Morgan fingerprint density at radius 1 is 1.65 bits per heavy atom. The molecule has 0 saturated carbocycles. The van der Waals surface area contributed by atoms with Gasteiger partial charge >= 0.3 is 0 Å². The fourth-order valence-electron chi connectivity index (χ4n) is 1.33. The lowest BCUT2D eigenvalue weighted by Gasteiger charge is -2.11. The van der Waals surface area contributed by atoms with Crippen LogP contribution in [0.25, 0.3) is 0 Å². The molecule has 1 rings (SSSR count). The van der Waals surface area contributed by atoms with E-state index < -0.39 is 0 Å². The van der Waals surface area contributed by atoms with Crippen molar-refractivity contribution in [3.05, 3.63) is 22.7 Å². The van der Waals surface area contributed by atoms with Gasteiger partial charge in [-0.15, -0.1) is 18.2 Å². The van der Waals surface area contributed by atoms with Crippen LogP contribution < -0.4 is 10.9 Å². The molecule has 0 aliphatic carbocycles. The molecule has 17 heavy (non-hydrogen) atoms. The van der Waals surface area contributed by atoms with Gasteiger partial charge in [-0.1, -0.05) is 5.92 Å². The number of nitrogens with one attached hydrogen (secondary N) is 1. The topological polar surface area (TPSA) is 46.9 Å². The average molecular weight is 251 g/mol. The Balaban J connectivity index is 2.58. The minimum atomic E-state index is -0.0792. The maximum Gasteiger partial charge on any atom is 0.293 e. The molecule has 5 heteroatoms. The van der Waals surface area contributed by atoms with Crippen molar-refractivity contribution in [1.29, 1.82) is 0 Å². The van der Waals surface area contributed by atoms with Crippen molar-refractivity contribution in [2.24, 2.45) is 0 Å². The van der Waals surface area contributed by atoms with E-state index in [9.17, 15) is 4.79 Å². The summed E-state index contributed by atoms with van der Waals surface area (Å²) in [6, 6.07) is 0.141. The smallest absolute Gasteiger partial charge is 0.293 e. The Kier molecular flexibility index (Phi) is 5.64.